The van der Waals surface area contributed by atoms with Crippen LogP contribution < -0.4 is 0 Å². The standard InChI is InChI=1S/C24H26O4/c25-21-13-7-12-20(21)22-14-23(27-16-19-10-5-2-6-11-19)24(28-22)17-26-15-18-8-3-1-4-9-18/h1-6,8-12,22-24H,7,13-17H2/t22-,23+,24-/m1/s1. The van der Waals surface area contributed by atoms with Gasteiger partial charge >= 0.3 is 0 Å². The number of hydrogen-bond acceptors (Lipinski definition) is 4. The molecule has 2 aromatic rings. The summed E-state index contributed by atoms with van der Waals surface area (Å²) in [5.41, 5.74) is 3.08. The van der Waals surface area contributed by atoms with Gasteiger partial charge in [-0.05, 0) is 17.5 Å². The van der Waals surface area contributed by atoms with Crippen molar-refractivity contribution in [3.8, 4) is 0 Å². The molecule has 1 fully saturated rings. The average Bonchev–Trinajstić information content (AvgIpc) is 3.34. The molecule has 4 heteroatoms. The van der Waals surface area contributed by atoms with Crippen LogP contribution in [0.15, 0.2) is 72.3 Å². The Bertz CT molecular complexity index is 800. The van der Waals surface area contributed by atoms with Crippen LogP contribution in [0.25, 0.3) is 0 Å². The van der Waals surface area contributed by atoms with Crippen molar-refractivity contribution in [2.24, 2.45) is 0 Å². The average molecular weight is 378 g/mol. The van der Waals surface area contributed by atoms with E-state index in [-0.39, 0.29) is 24.1 Å². The summed E-state index contributed by atoms with van der Waals surface area (Å²) in [6.07, 6.45) is 3.69. The van der Waals surface area contributed by atoms with E-state index in [1.807, 2.05) is 54.6 Å². The van der Waals surface area contributed by atoms with E-state index < -0.39 is 0 Å². The number of rotatable bonds is 8. The molecule has 4 rings (SSSR count). The molecule has 28 heavy (non-hydrogen) atoms. The summed E-state index contributed by atoms with van der Waals surface area (Å²) in [6.45, 7) is 1.52. The topological polar surface area (TPSA) is 44.8 Å². The number of carbonyl (C=O) groups is 1. The molecule has 0 aromatic heterocycles. The fraction of sp³-hybridized carbons (Fsp3) is 0.375. The number of ether oxygens (including phenoxy) is 3. The molecule has 2 aromatic carbocycles. The second kappa shape index (κ2) is 9.28. The molecule has 0 amide bonds. The van der Waals surface area contributed by atoms with Crippen molar-refractivity contribution >= 4 is 5.78 Å². The quantitative estimate of drug-likeness (QED) is 0.689. The maximum atomic E-state index is 12.1. The molecule has 0 saturated carbocycles. The van der Waals surface area contributed by atoms with E-state index >= 15 is 0 Å². The molecule has 0 spiro atoms. The zero-order valence-electron chi connectivity index (χ0n) is 16.0. The maximum Gasteiger partial charge on any atom is 0.161 e. The van der Waals surface area contributed by atoms with E-state index in [9.17, 15) is 4.79 Å². The van der Waals surface area contributed by atoms with Crippen LogP contribution in [0.4, 0.5) is 0 Å². The number of ketones is 1. The molecule has 1 aliphatic carbocycles. The first-order valence-corrected chi connectivity index (χ1v) is 9.95. The largest absolute Gasteiger partial charge is 0.374 e. The third-order valence-electron chi connectivity index (χ3n) is 5.31. The lowest BCUT2D eigenvalue weighted by Crippen LogP contribution is -2.29. The second-order valence-corrected chi connectivity index (χ2v) is 7.36. The van der Waals surface area contributed by atoms with E-state index in [1.165, 1.54) is 0 Å². The van der Waals surface area contributed by atoms with Gasteiger partial charge in [-0.3, -0.25) is 4.79 Å². The van der Waals surface area contributed by atoms with Crippen LogP contribution in [0.5, 0.6) is 0 Å². The summed E-state index contributed by atoms with van der Waals surface area (Å²) in [5, 5.41) is 0. The highest BCUT2D eigenvalue weighted by Gasteiger charge is 2.40. The van der Waals surface area contributed by atoms with Gasteiger partial charge in [-0.15, -0.1) is 0 Å². The minimum atomic E-state index is -0.180. The Hall–Kier alpha value is -2.27. The monoisotopic (exact) mass is 378 g/mol. The van der Waals surface area contributed by atoms with Crippen molar-refractivity contribution in [3.63, 3.8) is 0 Å². The first-order valence-electron chi connectivity index (χ1n) is 9.95. The summed E-state index contributed by atoms with van der Waals surface area (Å²) in [7, 11) is 0. The van der Waals surface area contributed by atoms with E-state index in [4.69, 9.17) is 14.2 Å². The van der Waals surface area contributed by atoms with E-state index in [2.05, 4.69) is 12.1 Å². The second-order valence-electron chi connectivity index (χ2n) is 7.36. The van der Waals surface area contributed by atoms with Crippen molar-refractivity contribution in [1.29, 1.82) is 0 Å². The molecule has 0 unspecified atom stereocenters. The van der Waals surface area contributed by atoms with Crippen LogP contribution >= 0.6 is 0 Å². The number of benzene rings is 2. The van der Waals surface area contributed by atoms with Crippen molar-refractivity contribution in [1.82, 2.24) is 0 Å². The van der Waals surface area contributed by atoms with Gasteiger partial charge in [-0.2, -0.15) is 0 Å². The number of allylic oxidation sites excluding steroid dienone is 1. The lowest BCUT2D eigenvalue weighted by Gasteiger charge is -2.19. The third-order valence-corrected chi connectivity index (χ3v) is 5.31. The molecule has 1 aliphatic heterocycles. The maximum absolute atomic E-state index is 12.1. The Labute approximate surface area is 166 Å². The zero-order chi connectivity index (χ0) is 19.2. The summed E-state index contributed by atoms with van der Waals surface area (Å²) in [6, 6.07) is 20.2. The normalized spacial score (nSPS) is 24.5. The van der Waals surface area contributed by atoms with E-state index in [0.717, 1.165) is 23.1 Å². The zero-order valence-corrected chi connectivity index (χ0v) is 16.0. The highest BCUT2D eigenvalue weighted by atomic mass is 16.6. The first kappa shape index (κ1) is 19.1. The lowest BCUT2D eigenvalue weighted by atomic mass is 10.0. The van der Waals surface area contributed by atoms with E-state index in [0.29, 0.717) is 32.7 Å². The molecular weight excluding hydrogens is 352 g/mol. The van der Waals surface area contributed by atoms with Gasteiger partial charge in [-0.25, -0.2) is 0 Å². The predicted molar refractivity (Wildman–Crippen MR) is 107 cm³/mol. The molecule has 3 atom stereocenters. The van der Waals surface area contributed by atoms with Gasteiger partial charge in [0.25, 0.3) is 0 Å². The van der Waals surface area contributed by atoms with Gasteiger partial charge in [0.05, 0.1) is 32.0 Å². The van der Waals surface area contributed by atoms with Crippen LogP contribution in [0, 0.1) is 0 Å². The summed E-state index contributed by atoms with van der Waals surface area (Å²) >= 11 is 0. The highest BCUT2D eigenvalue weighted by Crippen LogP contribution is 2.32. The summed E-state index contributed by atoms with van der Waals surface area (Å²) < 4.78 is 18.3. The molecule has 2 aliphatic rings. The summed E-state index contributed by atoms with van der Waals surface area (Å²) in [4.78, 5) is 12.1. The highest BCUT2D eigenvalue weighted by molar-refractivity contribution is 5.98. The minimum Gasteiger partial charge on any atom is -0.374 e. The Balaban J connectivity index is 1.37. The molecule has 1 saturated heterocycles. The Morgan fingerprint density at radius 2 is 1.61 bits per heavy atom. The fourth-order valence-corrected chi connectivity index (χ4v) is 3.81. The molecule has 4 nitrogen and oxygen atoms in total. The molecule has 146 valence electrons. The van der Waals surface area contributed by atoms with Gasteiger partial charge in [-0.1, -0.05) is 66.7 Å². The summed E-state index contributed by atoms with van der Waals surface area (Å²) in [5.74, 6) is 0.206. The van der Waals surface area contributed by atoms with Crippen molar-refractivity contribution in [2.75, 3.05) is 6.61 Å². The van der Waals surface area contributed by atoms with Gasteiger partial charge in [0, 0.05) is 18.4 Å². The first-order chi connectivity index (χ1) is 13.8. The SMILES string of the molecule is O=C1CCC=C1[C@H]1C[C@H](OCc2ccccc2)[C@@H](COCc2ccccc2)O1. The molecule has 0 N–H and O–H groups in total. The van der Waals surface area contributed by atoms with Crippen LogP contribution in [-0.2, 0) is 32.2 Å². The number of hydrogen-bond donors (Lipinski definition) is 0. The van der Waals surface area contributed by atoms with Crippen molar-refractivity contribution < 1.29 is 19.0 Å². The predicted octanol–water partition coefficient (Wildman–Crippen LogP) is 4.24. The van der Waals surface area contributed by atoms with Gasteiger partial charge in [0.15, 0.2) is 5.78 Å². The van der Waals surface area contributed by atoms with Crippen LogP contribution in [0.1, 0.15) is 30.4 Å². The number of carbonyl (C=O) groups excluding carboxylic acids is 1. The fourth-order valence-electron chi connectivity index (χ4n) is 3.81. The van der Waals surface area contributed by atoms with Crippen molar-refractivity contribution in [3.05, 3.63) is 83.4 Å². The van der Waals surface area contributed by atoms with Crippen LogP contribution in [-0.4, -0.2) is 30.7 Å². The Morgan fingerprint density at radius 1 is 0.929 bits per heavy atom. The van der Waals surface area contributed by atoms with E-state index in [1.54, 1.807) is 0 Å². The van der Waals surface area contributed by atoms with Gasteiger partial charge in [0.2, 0.25) is 0 Å². The van der Waals surface area contributed by atoms with Crippen LogP contribution in [0.2, 0.25) is 0 Å². The van der Waals surface area contributed by atoms with Gasteiger partial charge < -0.3 is 14.2 Å². The molecule has 0 radical (unpaired) electrons. The number of Topliss-reactive ketones (excluding diaryl/α,β-unsaturated/α-hetero) is 1. The van der Waals surface area contributed by atoms with Crippen molar-refractivity contribution in [2.45, 2.75) is 50.8 Å². The minimum absolute atomic E-state index is 0.0877. The molecule has 1 heterocycles. The Morgan fingerprint density at radius 3 is 2.25 bits per heavy atom. The smallest absolute Gasteiger partial charge is 0.161 e. The third kappa shape index (κ3) is 4.76. The molecular formula is C24H26O4. The molecule has 0 bridgehead atoms. The Kier molecular flexibility index (Phi) is 6.32. The van der Waals surface area contributed by atoms with Gasteiger partial charge in [0.1, 0.15) is 6.10 Å². The lowest BCUT2D eigenvalue weighted by molar-refractivity contribution is -0.116. The van der Waals surface area contributed by atoms with Crippen LogP contribution in [0.3, 0.4) is 0 Å².